The first-order valence-corrected chi connectivity index (χ1v) is 18.3. The number of hydrogen-bond donors (Lipinski definition) is 2. The fraction of sp³-hybridized carbons (Fsp3) is 0.842. The molecule has 0 aliphatic rings. The largest absolute Gasteiger partial charge is 0.481 e. The van der Waals surface area contributed by atoms with E-state index in [0.717, 1.165) is 25.7 Å². The van der Waals surface area contributed by atoms with Gasteiger partial charge in [0.2, 0.25) is 0 Å². The molecule has 0 atom stereocenters. The van der Waals surface area contributed by atoms with Gasteiger partial charge in [0.1, 0.15) is 0 Å². The Morgan fingerprint density at radius 2 is 0.690 bits per heavy atom. The van der Waals surface area contributed by atoms with Crippen LogP contribution in [-0.4, -0.2) is 22.2 Å². The van der Waals surface area contributed by atoms with Crippen LogP contribution in [0.5, 0.6) is 0 Å². The minimum Gasteiger partial charge on any atom is -0.481 e. The number of carbonyl (C=O) groups is 2. The Balaban J connectivity index is 0. The molecule has 0 aromatic heterocycles. The van der Waals surface area contributed by atoms with Crippen molar-refractivity contribution >= 4 is 11.9 Å². The Morgan fingerprint density at radius 1 is 0.405 bits per heavy atom. The second-order valence-corrected chi connectivity index (χ2v) is 12.2. The van der Waals surface area contributed by atoms with Crippen molar-refractivity contribution in [3.63, 3.8) is 0 Å². The van der Waals surface area contributed by atoms with Crippen LogP contribution in [0.15, 0.2) is 24.3 Å². The van der Waals surface area contributed by atoms with E-state index in [0.29, 0.717) is 6.42 Å². The van der Waals surface area contributed by atoms with Crippen LogP contribution < -0.4 is 0 Å². The van der Waals surface area contributed by atoms with Gasteiger partial charge in [-0.05, 0) is 44.9 Å². The zero-order valence-corrected chi connectivity index (χ0v) is 28.2. The Hall–Kier alpha value is -1.58. The molecule has 0 unspecified atom stereocenters. The summed E-state index contributed by atoms with van der Waals surface area (Å²) in [6, 6.07) is 0. The van der Waals surface area contributed by atoms with Crippen molar-refractivity contribution in [2.45, 2.75) is 206 Å². The highest BCUT2D eigenvalue weighted by Crippen LogP contribution is 2.14. The molecule has 42 heavy (non-hydrogen) atoms. The number of hydrogen-bond acceptors (Lipinski definition) is 2. The maximum atomic E-state index is 10.3. The number of rotatable bonds is 32. The van der Waals surface area contributed by atoms with E-state index in [1.807, 2.05) is 0 Å². The molecule has 0 aliphatic carbocycles. The molecule has 0 bridgehead atoms. The van der Waals surface area contributed by atoms with Crippen LogP contribution >= 0.6 is 0 Å². The van der Waals surface area contributed by atoms with E-state index >= 15 is 0 Å². The molecule has 0 heterocycles. The highest BCUT2D eigenvalue weighted by Gasteiger charge is 1.96. The van der Waals surface area contributed by atoms with Gasteiger partial charge in [-0.15, -0.1) is 0 Å². The molecule has 0 fully saturated rings. The fourth-order valence-corrected chi connectivity index (χ4v) is 5.16. The average molecular weight is 593 g/mol. The highest BCUT2D eigenvalue weighted by atomic mass is 16.4. The molecule has 0 saturated carbocycles. The van der Waals surface area contributed by atoms with Crippen molar-refractivity contribution in [1.82, 2.24) is 0 Å². The number of allylic oxidation sites excluding steroid dienone is 3. The van der Waals surface area contributed by atoms with Crippen molar-refractivity contribution < 1.29 is 19.8 Å². The van der Waals surface area contributed by atoms with Crippen LogP contribution in [0.4, 0.5) is 0 Å². The van der Waals surface area contributed by atoms with Crippen LogP contribution in [0.3, 0.4) is 0 Å². The summed E-state index contributed by atoms with van der Waals surface area (Å²) in [6.07, 6.45) is 45.7. The summed E-state index contributed by atoms with van der Waals surface area (Å²) in [5, 5.41) is 17.0. The molecule has 4 heteroatoms. The van der Waals surface area contributed by atoms with Gasteiger partial charge in [0, 0.05) is 12.5 Å². The normalized spacial score (nSPS) is 11.3. The third kappa shape index (κ3) is 45.4. The SMILES string of the molecule is CCCCCCCCC=CCCCCCCCC(=O)O.CCCCCCCCCCCCCCCCCC=CC(=O)O. The van der Waals surface area contributed by atoms with E-state index in [9.17, 15) is 9.59 Å². The molecule has 0 saturated heterocycles. The average Bonchev–Trinajstić information content (AvgIpc) is 2.97. The molecular weight excluding hydrogens is 520 g/mol. The van der Waals surface area contributed by atoms with Crippen LogP contribution in [0.25, 0.3) is 0 Å². The van der Waals surface area contributed by atoms with Crippen LogP contribution in [-0.2, 0) is 9.59 Å². The number of unbranched alkanes of at least 4 members (excludes halogenated alkanes) is 26. The first-order valence-electron chi connectivity index (χ1n) is 18.3. The fourth-order valence-electron chi connectivity index (χ4n) is 5.16. The predicted octanol–water partition coefficient (Wildman–Crippen LogP) is 13.0. The third-order valence-electron chi connectivity index (χ3n) is 7.89. The van der Waals surface area contributed by atoms with E-state index in [2.05, 4.69) is 26.0 Å². The van der Waals surface area contributed by atoms with Gasteiger partial charge in [0.05, 0.1) is 0 Å². The van der Waals surface area contributed by atoms with Crippen molar-refractivity contribution in [1.29, 1.82) is 0 Å². The van der Waals surface area contributed by atoms with Gasteiger partial charge in [0.25, 0.3) is 0 Å². The second kappa shape index (κ2) is 39.4. The lowest BCUT2D eigenvalue weighted by Gasteiger charge is -2.03. The Bertz CT molecular complexity index is 596. The first-order chi connectivity index (χ1) is 20.5. The number of carboxylic acids is 2. The lowest BCUT2D eigenvalue weighted by atomic mass is 10.0. The van der Waals surface area contributed by atoms with Crippen molar-refractivity contribution in [2.75, 3.05) is 0 Å². The number of aliphatic carboxylic acids is 2. The zero-order valence-electron chi connectivity index (χ0n) is 28.2. The van der Waals surface area contributed by atoms with Gasteiger partial charge >= 0.3 is 11.9 Å². The Morgan fingerprint density at radius 3 is 1.00 bits per heavy atom. The van der Waals surface area contributed by atoms with Gasteiger partial charge < -0.3 is 10.2 Å². The van der Waals surface area contributed by atoms with Crippen molar-refractivity contribution in [3.05, 3.63) is 24.3 Å². The zero-order chi connectivity index (χ0) is 31.2. The molecule has 0 amide bonds. The molecule has 0 radical (unpaired) electrons. The Kier molecular flexibility index (Phi) is 39.9. The van der Waals surface area contributed by atoms with Crippen LogP contribution in [0.2, 0.25) is 0 Å². The van der Waals surface area contributed by atoms with Gasteiger partial charge in [-0.3, -0.25) is 4.79 Å². The van der Waals surface area contributed by atoms with Gasteiger partial charge in [0.15, 0.2) is 0 Å². The standard InChI is InChI=1S/C20H38O2.C18H34O2/c1-2-3-4-5-6-7-8-9-10-11-12-13-14-15-16-17-18-19-20(21)22;1-2-3-4-5-6-7-8-9-10-11-12-13-14-15-16-17-18(19)20/h18-19H,2-17H2,1H3,(H,21,22);9-10H,2-8,11-17H2,1H3,(H,19,20). The maximum Gasteiger partial charge on any atom is 0.327 e. The molecule has 0 spiro atoms. The molecule has 0 rings (SSSR count). The molecule has 4 nitrogen and oxygen atoms in total. The lowest BCUT2D eigenvalue weighted by Crippen LogP contribution is -1.93. The monoisotopic (exact) mass is 593 g/mol. The second-order valence-electron chi connectivity index (χ2n) is 12.2. The molecule has 0 aromatic rings. The van der Waals surface area contributed by atoms with Crippen molar-refractivity contribution in [2.24, 2.45) is 0 Å². The summed E-state index contributed by atoms with van der Waals surface area (Å²) in [4.78, 5) is 20.6. The summed E-state index contributed by atoms with van der Waals surface area (Å²) in [5.74, 6) is -1.50. The van der Waals surface area contributed by atoms with Crippen molar-refractivity contribution in [3.8, 4) is 0 Å². The topological polar surface area (TPSA) is 74.6 Å². The third-order valence-corrected chi connectivity index (χ3v) is 7.89. The number of carboxylic acid groups (broad SMARTS) is 2. The molecular formula is C38H72O4. The smallest absolute Gasteiger partial charge is 0.327 e. The molecule has 248 valence electrons. The highest BCUT2D eigenvalue weighted by molar-refractivity contribution is 5.79. The minimum absolute atomic E-state index is 0.332. The van der Waals surface area contributed by atoms with Crippen LogP contribution in [0, 0.1) is 0 Å². The van der Waals surface area contributed by atoms with E-state index in [1.165, 1.54) is 167 Å². The maximum absolute atomic E-state index is 10.3. The van der Waals surface area contributed by atoms with E-state index < -0.39 is 11.9 Å². The van der Waals surface area contributed by atoms with Crippen LogP contribution in [0.1, 0.15) is 206 Å². The van der Waals surface area contributed by atoms with Gasteiger partial charge in [-0.1, -0.05) is 173 Å². The molecule has 2 N–H and O–H groups in total. The summed E-state index contributed by atoms with van der Waals surface area (Å²) < 4.78 is 0. The van der Waals surface area contributed by atoms with Gasteiger partial charge in [-0.2, -0.15) is 0 Å². The lowest BCUT2D eigenvalue weighted by molar-refractivity contribution is -0.137. The van der Waals surface area contributed by atoms with E-state index in [1.54, 1.807) is 6.08 Å². The Labute approximate surface area is 262 Å². The summed E-state index contributed by atoms with van der Waals surface area (Å²) in [6.45, 7) is 4.53. The van der Waals surface area contributed by atoms with E-state index in [-0.39, 0.29) is 0 Å². The molecule has 0 aliphatic heterocycles. The van der Waals surface area contributed by atoms with Gasteiger partial charge in [-0.25, -0.2) is 4.79 Å². The molecule has 0 aromatic carbocycles. The van der Waals surface area contributed by atoms with E-state index in [4.69, 9.17) is 10.2 Å². The quantitative estimate of drug-likeness (QED) is 0.0463. The minimum atomic E-state index is -0.832. The summed E-state index contributed by atoms with van der Waals surface area (Å²) >= 11 is 0. The summed E-state index contributed by atoms with van der Waals surface area (Å²) in [7, 11) is 0. The first kappa shape index (κ1) is 42.6. The predicted molar refractivity (Wildman–Crippen MR) is 183 cm³/mol. The summed E-state index contributed by atoms with van der Waals surface area (Å²) in [5.41, 5.74) is 0.